The van der Waals surface area contributed by atoms with E-state index in [2.05, 4.69) is 42.3 Å². The number of aromatic amines is 2. The minimum atomic E-state index is 0.798. The molecule has 0 amide bonds. The van der Waals surface area contributed by atoms with Crippen molar-refractivity contribution in [2.45, 2.75) is 0 Å². The molecule has 0 saturated carbocycles. The standard InChI is InChI=1S/C24H19N7O/c1-31(2)16-7-15(10-25-11-16)20-9-19-22(12-27-20)29-30-23(19)21-8-18-17(14-4-6-32-13-14)3-5-26-24(18)28-21/h3-13H,1-2H3,(H,26,28)(H,29,30). The van der Waals surface area contributed by atoms with Crippen LogP contribution in [0.3, 0.4) is 0 Å². The molecule has 0 spiro atoms. The topological polar surface area (TPSA) is 99.5 Å². The maximum atomic E-state index is 5.27. The number of H-pyrrole nitrogens is 2. The Kier molecular flexibility index (Phi) is 4.04. The molecule has 0 saturated heterocycles. The number of nitrogens with one attached hydrogen (secondary N) is 2. The lowest BCUT2D eigenvalue weighted by Crippen LogP contribution is -2.08. The molecule has 0 bridgehead atoms. The third-order valence-corrected chi connectivity index (χ3v) is 5.60. The van der Waals surface area contributed by atoms with Crippen molar-refractivity contribution in [2.75, 3.05) is 19.0 Å². The Bertz CT molecular complexity index is 1560. The monoisotopic (exact) mass is 421 g/mol. The molecule has 0 radical (unpaired) electrons. The minimum Gasteiger partial charge on any atom is -0.472 e. The predicted molar refractivity (Wildman–Crippen MR) is 124 cm³/mol. The van der Waals surface area contributed by atoms with Crippen molar-refractivity contribution in [1.29, 1.82) is 0 Å². The van der Waals surface area contributed by atoms with Crippen LogP contribution in [-0.2, 0) is 0 Å². The van der Waals surface area contributed by atoms with Crippen LogP contribution in [0.4, 0.5) is 5.69 Å². The first-order valence-corrected chi connectivity index (χ1v) is 10.1. The molecule has 0 atom stereocenters. The molecular weight excluding hydrogens is 402 g/mol. The van der Waals surface area contributed by atoms with E-state index in [1.165, 1.54) is 0 Å². The van der Waals surface area contributed by atoms with Gasteiger partial charge in [-0.15, -0.1) is 0 Å². The summed E-state index contributed by atoms with van der Waals surface area (Å²) >= 11 is 0. The summed E-state index contributed by atoms with van der Waals surface area (Å²) in [7, 11) is 3.99. The summed E-state index contributed by atoms with van der Waals surface area (Å²) in [6, 6.07) is 10.1. The Morgan fingerprint density at radius 3 is 2.72 bits per heavy atom. The quantitative estimate of drug-likeness (QED) is 0.420. The van der Waals surface area contributed by atoms with Gasteiger partial charge >= 0.3 is 0 Å². The van der Waals surface area contributed by atoms with E-state index in [-0.39, 0.29) is 0 Å². The fourth-order valence-corrected chi connectivity index (χ4v) is 3.92. The van der Waals surface area contributed by atoms with E-state index in [0.717, 1.165) is 61.4 Å². The van der Waals surface area contributed by atoms with Crippen LogP contribution < -0.4 is 4.90 Å². The Hall–Kier alpha value is -4.46. The van der Waals surface area contributed by atoms with Crippen molar-refractivity contribution in [3.8, 4) is 33.8 Å². The predicted octanol–water partition coefficient (Wildman–Crippen LogP) is 4.89. The van der Waals surface area contributed by atoms with E-state index < -0.39 is 0 Å². The number of anilines is 1. The number of aromatic nitrogens is 6. The molecule has 2 N–H and O–H groups in total. The maximum Gasteiger partial charge on any atom is 0.138 e. The van der Waals surface area contributed by atoms with E-state index >= 15 is 0 Å². The molecule has 6 aromatic heterocycles. The van der Waals surface area contributed by atoms with Gasteiger partial charge in [0.2, 0.25) is 0 Å². The number of nitrogens with zero attached hydrogens (tertiary/aromatic N) is 5. The second kappa shape index (κ2) is 7.05. The van der Waals surface area contributed by atoms with Gasteiger partial charge in [-0.2, -0.15) is 5.10 Å². The number of fused-ring (bicyclic) bond motifs is 2. The molecule has 156 valence electrons. The molecule has 8 heteroatoms. The van der Waals surface area contributed by atoms with Crippen molar-refractivity contribution >= 4 is 27.6 Å². The van der Waals surface area contributed by atoms with Crippen LogP contribution in [-0.4, -0.2) is 44.2 Å². The first-order chi connectivity index (χ1) is 15.7. The lowest BCUT2D eigenvalue weighted by atomic mass is 10.1. The van der Waals surface area contributed by atoms with Gasteiger partial charge < -0.3 is 14.3 Å². The van der Waals surface area contributed by atoms with Crippen LogP contribution in [0.25, 0.3) is 55.7 Å². The average Bonchev–Trinajstić information content (AvgIpc) is 3.57. The third-order valence-electron chi connectivity index (χ3n) is 5.60. The first-order valence-electron chi connectivity index (χ1n) is 10.1. The SMILES string of the molecule is CN(C)c1cncc(-c2cc3c(-c4cc5c(-c6ccoc6)ccnc5[nH]4)n[nH]c3cn2)c1. The van der Waals surface area contributed by atoms with E-state index in [1.807, 2.05) is 49.6 Å². The van der Waals surface area contributed by atoms with E-state index in [9.17, 15) is 0 Å². The number of hydrogen-bond donors (Lipinski definition) is 2. The average molecular weight is 421 g/mol. The molecule has 6 aromatic rings. The largest absolute Gasteiger partial charge is 0.472 e. The summed E-state index contributed by atoms with van der Waals surface area (Å²) in [5.74, 6) is 0. The van der Waals surface area contributed by atoms with Crippen molar-refractivity contribution in [3.63, 3.8) is 0 Å². The highest BCUT2D eigenvalue weighted by atomic mass is 16.3. The maximum absolute atomic E-state index is 5.27. The highest BCUT2D eigenvalue weighted by Gasteiger charge is 2.16. The lowest BCUT2D eigenvalue weighted by Gasteiger charge is -2.12. The van der Waals surface area contributed by atoms with Gasteiger partial charge in [0.05, 0.1) is 47.5 Å². The highest BCUT2D eigenvalue weighted by Crippen LogP contribution is 2.34. The van der Waals surface area contributed by atoms with Gasteiger partial charge in [0.15, 0.2) is 0 Å². The van der Waals surface area contributed by atoms with Crippen LogP contribution >= 0.6 is 0 Å². The van der Waals surface area contributed by atoms with Gasteiger partial charge in [-0.05, 0) is 35.9 Å². The Labute approximate surface area is 183 Å². The van der Waals surface area contributed by atoms with Crippen molar-refractivity contribution < 1.29 is 4.42 Å². The van der Waals surface area contributed by atoms with Gasteiger partial charge in [-0.3, -0.25) is 15.1 Å². The molecule has 0 aliphatic carbocycles. The molecule has 0 fully saturated rings. The van der Waals surface area contributed by atoms with Crippen LogP contribution in [0, 0.1) is 0 Å². The Morgan fingerprint density at radius 1 is 0.938 bits per heavy atom. The molecular formula is C24H19N7O. The second-order valence-corrected chi connectivity index (χ2v) is 7.83. The molecule has 32 heavy (non-hydrogen) atoms. The summed E-state index contributed by atoms with van der Waals surface area (Å²) in [4.78, 5) is 18.9. The van der Waals surface area contributed by atoms with Gasteiger partial charge in [-0.1, -0.05) is 0 Å². The number of pyridine rings is 3. The highest BCUT2D eigenvalue weighted by molar-refractivity contribution is 6.00. The minimum absolute atomic E-state index is 0.798. The molecule has 8 nitrogen and oxygen atoms in total. The fourth-order valence-electron chi connectivity index (χ4n) is 3.92. The van der Waals surface area contributed by atoms with Crippen LogP contribution in [0.15, 0.2) is 72.1 Å². The van der Waals surface area contributed by atoms with Crippen LogP contribution in [0.1, 0.15) is 0 Å². The van der Waals surface area contributed by atoms with Crippen LogP contribution in [0.2, 0.25) is 0 Å². The molecule has 0 aliphatic rings. The normalized spacial score (nSPS) is 11.4. The molecule has 0 aromatic carbocycles. The van der Waals surface area contributed by atoms with E-state index in [1.54, 1.807) is 24.9 Å². The third kappa shape index (κ3) is 2.92. The molecule has 0 aliphatic heterocycles. The Balaban J connectivity index is 1.49. The van der Waals surface area contributed by atoms with Gasteiger partial charge in [0.1, 0.15) is 11.3 Å². The number of rotatable bonds is 4. The summed E-state index contributed by atoms with van der Waals surface area (Å²) in [5.41, 5.74) is 8.23. The zero-order valence-electron chi connectivity index (χ0n) is 17.5. The first kappa shape index (κ1) is 18.3. The fraction of sp³-hybridized carbons (Fsp3) is 0.0833. The summed E-state index contributed by atoms with van der Waals surface area (Å²) in [6.07, 6.45) is 10.7. The molecule has 6 rings (SSSR count). The van der Waals surface area contributed by atoms with Gasteiger partial charge in [0, 0.05) is 48.4 Å². The van der Waals surface area contributed by atoms with Crippen molar-refractivity contribution in [3.05, 3.63) is 67.6 Å². The van der Waals surface area contributed by atoms with E-state index in [0.29, 0.717) is 0 Å². The van der Waals surface area contributed by atoms with Gasteiger partial charge in [0.25, 0.3) is 0 Å². The smallest absolute Gasteiger partial charge is 0.138 e. The lowest BCUT2D eigenvalue weighted by molar-refractivity contribution is 0.568. The second-order valence-electron chi connectivity index (χ2n) is 7.83. The summed E-state index contributed by atoms with van der Waals surface area (Å²) in [6.45, 7) is 0. The number of hydrogen-bond acceptors (Lipinski definition) is 6. The molecule has 6 heterocycles. The number of furan rings is 1. The van der Waals surface area contributed by atoms with Gasteiger partial charge in [-0.25, -0.2) is 4.98 Å². The van der Waals surface area contributed by atoms with E-state index in [4.69, 9.17) is 4.42 Å². The molecule has 0 unspecified atom stereocenters. The van der Waals surface area contributed by atoms with Crippen molar-refractivity contribution in [2.24, 2.45) is 0 Å². The van der Waals surface area contributed by atoms with Crippen LogP contribution in [0.5, 0.6) is 0 Å². The zero-order valence-corrected chi connectivity index (χ0v) is 17.5. The van der Waals surface area contributed by atoms with Crippen molar-refractivity contribution in [1.82, 2.24) is 30.1 Å². The summed E-state index contributed by atoms with van der Waals surface area (Å²) < 4.78 is 5.27. The zero-order chi connectivity index (χ0) is 21.7. The Morgan fingerprint density at radius 2 is 1.88 bits per heavy atom. The summed E-state index contributed by atoms with van der Waals surface area (Å²) in [5, 5.41) is 9.64.